The summed E-state index contributed by atoms with van der Waals surface area (Å²) in [6.07, 6.45) is 1.65. The monoisotopic (exact) mass is 212 g/mol. The van der Waals surface area contributed by atoms with Crippen molar-refractivity contribution in [1.29, 1.82) is 0 Å². The van der Waals surface area contributed by atoms with Crippen LogP contribution in [0.25, 0.3) is 10.9 Å². The molecule has 0 saturated carbocycles. The molecule has 0 bridgehead atoms. The van der Waals surface area contributed by atoms with E-state index in [2.05, 4.69) is 9.97 Å². The largest absolute Gasteiger partial charge is 0.256 e. The maximum Gasteiger partial charge on any atom is 0.131 e. The fourth-order valence-corrected chi connectivity index (χ4v) is 1.80. The van der Waals surface area contributed by atoms with Gasteiger partial charge in [0, 0.05) is 23.3 Å². The van der Waals surface area contributed by atoms with Gasteiger partial charge in [0.1, 0.15) is 5.15 Å². The van der Waals surface area contributed by atoms with Crippen LogP contribution in [0.15, 0.2) is 18.3 Å². The highest BCUT2D eigenvalue weighted by molar-refractivity contribution is 6.36. The molecule has 2 aromatic heterocycles. The van der Waals surface area contributed by atoms with E-state index < -0.39 is 0 Å². The van der Waals surface area contributed by atoms with Crippen LogP contribution in [0.2, 0.25) is 10.2 Å². The van der Waals surface area contributed by atoms with Gasteiger partial charge < -0.3 is 0 Å². The Balaban J connectivity index is 2.94. The Morgan fingerprint density at radius 1 is 1.31 bits per heavy atom. The smallest absolute Gasteiger partial charge is 0.131 e. The average Bonchev–Trinajstić information content (AvgIpc) is 2.02. The fourth-order valence-electron chi connectivity index (χ4n) is 1.28. The summed E-state index contributed by atoms with van der Waals surface area (Å²) in [6, 6.07) is 3.45. The zero-order valence-corrected chi connectivity index (χ0v) is 8.39. The minimum atomic E-state index is 0.444. The predicted octanol–water partition coefficient (Wildman–Crippen LogP) is 3.25. The van der Waals surface area contributed by atoms with Gasteiger partial charge in [0.25, 0.3) is 0 Å². The zero-order chi connectivity index (χ0) is 9.42. The Kier molecular flexibility index (Phi) is 2.10. The van der Waals surface area contributed by atoms with E-state index in [4.69, 9.17) is 23.2 Å². The molecule has 0 spiro atoms. The molecule has 0 radical (unpaired) electrons. The van der Waals surface area contributed by atoms with Gasteiger partial charge in [-0.3, -0.25) is 4.98 Å². The van der Waals surface area contributed by atoms with Crippen molar-refractivity contribution in [2.24, 2.45) is 0 Å². The summed E-state index contributed by atoms with van der Waals surface area (Å²) < 4.78 is 0. The molecule has 0 atom stereocenters. The van der Waals surface area contributed by atoms with Crippen molar-refractivity contribution in [2.75, 3.05) is 0 Å². The van der Waals surface area contributed by atoms with E-state index in [-0.39, 0.29) is 0 Å². The molecule has 2 aromatic rings. The molecule has 2 nitrogen and oxygen atoms in total. The van der Waals surface area contributed by atoms with Gasteiger partial charge >= 0.3 is 0 Å². The maximum absolute atomic E-state index is 5.99. The van der Waals surface area contributed by atoms with Crippen LogP contribution >= 0.6 is 23.2 Å². The summed E-state index contributed by atoms with van der Waals surface area (Å²) in [7, 11) is 0. The van der Waals surface area contributed by atoms with Crippen LogP contribution in [-0.2, 0) is 0 Å². The molecule has 0 unspecified atom stereocenters. The van der Waals surface area contributed by atoms with Gasteiger partial charge in [0.05, 0.1) is 10.5 Å². The van der Waals surface area contributed by atoms with Crippen LogP contribution in [0.1, 0.15) is 5.69 Å². The van der Waals surface area contributed by atoms with Crippen molar-refractivity contribution in [2.45, 2.75) is 6.92 Å². The lowest BCUT2D eigenvalue weighted by Crippen LogP contribution is -1.88. The van der Waals surface area contributed by atoms with Gasteiger partial charge in [-0.2, -0.15) is 0 Å². The molecule has 0 amide bonds. The quantitative estimate of drug-likeness (QED) is 0.627. The average molecular weight is 213 g/mol. The van der Waals surface area contributed by atoms with Crippen LogP contribution in [0, 0.1) is 6.92 Å². The molecule has 0 fully saturated rings. The standard InChI is InChI=1S/C9H6Cl2N2/c1-5-9-6(10)2-3-12-7(9)4-8(11)13-5/h2-4H,1H3. The Morgan fingerprint density at radius 2 is 2.08 bits per heavy atom. The molecule has 66 valence electrons. The summed E-state index contributed by atoms with van der Waals surface area (Å²) in [4.78, 5) is 8.26. The van der Waals surface area contributed by atoms with E-state index in [1.54, 1.807) is 18.3 Å². The topological polar surface area (TPSA) is 25.8 Å². The third kappa shape index (κ3) is 1.47. The summed E-state index contributed by atoms with van der Waals surface area (Å²) in [5.41, 5.74) is 1.59. The van der Waals surface area contributed by atoms with E-state index in [0.717, 1.165) is 16.6 Å². The summed E-state index contributed by atoms with van der Waals surface area (Å²) in [6.45, 7) is 1.86. The fraction of sp³-hybridized carbons (Fsp3) is 0.111. The molecule has 0 aliphatic rings. The molecule has 0 aromatic carbocycles. The lowest BCUT2D eigenvalue weighted by Gasteiger charge is -2.02. The summed E-state index contributed by atoms with van der Waals surface area (Å²) >= 11 is 11.8. The zero-order valence-electron chi connectivity index (χ0n) is 6.88. The van der Waals surface area contributed by atoms with Crippen molar-refractivity contribution in [3.05, 3.63) is 34.2 Å². The molecule has 2 rings (SSSR count). The van der Waals surface area contributed by atoms with E-state index >= 15 is 0 Å². The highest BCUT2D eigenvalue weighted by Gasteiger charge is 2.05. The van der Waals surface area contributed by atoms with Gasteiger partial charge in [-0.1, -0.05) is 23.2 Å². The lowest BCUT2D eigenvalue weighted by molar-refractivity contribution is 1.22. The minimum absolute atomic E-state index is 0.444. The number of fused-ring (bicyclic) bond motifs is 1. The molecule has 2 heterocycles. The van der Waals surface area contributed by atoms with Crippen molar-refractivity contribution >= 4 is 34.1 Å². The van der Waals surface area contributed by atoms with Gasteiger partial charge in [-0.25, -0.2) is 4.98 Å². The van der Waals surface area contributed by atoms with Gasteiger partial charge in [0.15, 0.2) is 0 Å². The van der Waals surface area contributed by atoms with E-state index in [1.807, 2.05) is 6.92 Å². The highest BCUT2D eigenvalue weighted by atomic mass is 35.5. The molecule has 0 aliphatic carbocycles. The number of nitrogens with zero attached hydrogens (tertiary/aromatic N) is 2. The SMILES string of the molecule is Cc1nc(Cl)cc2nccc(Cl)c12. The number of rotatable bonds is 0. The Hall–Kier alpha value is -0.860. The Bertz CT molecular complexity index is 468. The second kappa shape index (κ2) is 3.13. The molecule has 4 heteroatoms. The number of pyridine rings is 2. The molecule has 0 N–H and O–H groups in total. The molecular formula is C9H6Cl2N2. The summed E-state index contributed by atoms with van der Waals surface area (Å²) in [5.74, 6) is 0. The van der Waals surface area contributed by atoms with Crippen LogP contribution < -0.4 is 0 Å². The number of hydrogen-bond donors (Lipinski definition) is 0. The van der Waals surface area contributed by atoms with Gasteiger partial charge in [0.2, 0.25) is 0 Å². The van der Waals surface area contributed by atoms with E-state index in [1.165, 1.54) is 0 Å². The van der Waals surface area contributed by atoms with Gasteiger partial charge in [-0.15, -0.1) is 0 Å². The number of aromatic nitrogens is 2. The predicted molar refractivity (Wildman–Crippen MR) is 54.3 cm³/mol. The number of aryl methyl sites for hydroxylation is 1. The van der Waals surface area contributed by atoms with Crippen molar-refractivity contribution < 1.29 is 0 Å². The number of hydrogen-bond acceptors (Lipinski definition) is 2. The highest BCUT2D eigenvalue weighted by Crippen LogP contribution is 2.25. The molecular weight excluding hydrogens is 207 g/mol. The van der Waals surface area contributed by atoms with Crippen molar-refractivity contribution in [3.8, 4) is 0 Å². The Morgan fingerprint density at radius 3 is 2.85 bits per heavy atom. The van der Waals surface area contributed by atoms with Crippen LogP contribution in [0.5, 0.6) is 0 Å². The second-order valence-corrected chi connectivity index (χ2v) is 3.51. The first kappa shape index (κ1) is 8.73. The van der Waals surface area contributed by atoms with Crippen molar-refractivity contribution in [1.82, 2.24) is 9.97 Å². The maximum atomic E-state index is 5.99. The normalized spacial score (nSPS) is 10.7. The molecule has 0 aliphatic heterocycles. The van der Waals surface area contributed by atoms with Gasteiger partial charge in [-0.05, 0) is 13.0 Å². The Labute approximate surface area is 85.5 Å². The third-order valence-electron chi connectivity index (χ3n) is 1.82. The van der Waals surface area contributed by atoms with Crippen LogP contribution in [0.3, 0.4) is 0 Å². The number of halogens is 2. The second-order valence-electron chi connectivity index (χ2n) is 2.72. The van der Waals surface area contributed by atoms with Crippen LogP contribution in [0.4, 0.5) is 0 Å². The van der Waals surface area contributed by atoms with E-state index in [9.17, 15) is 0 Å². The summed E-state index contributed by atoms with van der Waals surface area (Å²) in [5, 5.41) is 1.97. The first-order chi connectivity index (χ1) is 6.18. The van der Waals surface area contributed by atoms with Crippen LogP contribution in [-0.4, -0.2) is 9.97 Å². The minimum Gasteiger partial charge on any atom is -0.256 e. The third-order valence-corrected chi connectivity index (χ3v) is 2.33. The van der Waals surface area contributed by atoms with E-state index in [0.29, 0.717) is 10.2 Å². The van der Waals surface area contributed by atoms with Crippen molar-refractivity contribution in [3.63, 3.8) is 0 Å². The first-order valence-corrected chi connectivity index (χ1v) is 4.51. The lowest BCUT2D eigenvalue weighted by atomic mass is 10.2. The first-order valence-electron chi connectivity index (χ1n) is 3.76. The molecule has 0 saturated heterocycles. The molecule has 13 heavy (non-hydrogen) atoms.